The van der Waals surface area contributed by atoms with Gasteiger partial charge in [-0.1, -0.05) is 0 Å². The number of methoxy groups -OCH3 is 1. The number of nitrogens with one attached hydrogen (secondary N) is 1. The summed E-state index contributed by atoms with van der Waals surface area (Å²) >= 11 is 0. The molecule has 0 bridgehead atoms. The van der Waals surface area contributed by atoms with Crippen LogP contribution in [0.4, 0.5) is 5.69 Å². The van der Waals surface area contributed by atoms with Crippen LogP contribution in [0.5, 0.6) is 5.75 Å². The summed E-state index contributed by atoms with van der Waals surface area (Å²) in [7, 11) is -2.20. The van der Waals surface area contributed by atoms with E-state index in [1.54, 1.807) is 0 Å². The van der Waals surface area contributed by atoms with Crippen molar-refractivity contribution in [2.45, 2.75) is 18.1 Å². The minimum atomic E-state index is -3.53. The molecule has 1 heterocycles. The third-order valence-electron chi connectivity index (χ3n) is 3.30. The number of benzene rings is 1. The molecule has 0 atom stereocenters. The molecule has 1 aliphatic heterocycles. The van der Waals surface area contributed by atoms with Crippen molar-refractivity contribution in [3.8, 4) is 5.75 Å². The Labute approximate surface area is 122 Å². The number of ether oxygens (including phenoxy) is 2. The Morgan fingerprint density at radius 1 is 1.38 bits per heavy atom. The minimum absolute atomic E-state index is 0.0217. The molecule has 0 saturated carbocycles. The molecular weight excluding hydrogens is 298 g/mol. The molecule has 0 amide bonds. The van der Waals surface area contributed by atoms with Crippen molar-refractivity contribution in [1.82, 2.24) is 0 Å². The predicted octanol–water partition coefficient (Wildman–Crippen LogP) is 1.31. The van der Waals surface area contributed by atoms with Crippen LogP contribution in [0.2, 0.25) is 0 Å². The molecule has 0 spiro atoms. The number of hydrogen-bond acceptors (Lipinski definition) is 5. The summed E-state index contributed by atoms with van der Waals surface area (Å²) < 4.78 is 37.1. The van der Waals surface area contributed by atoms with Gasteiger partial charge in [-0.2, -0.15) is 0 Å². The number of carbonyl (C=O) groups is 1. The molecule has 8 heteroatoms. The topological polar surface area (TPSA) is 102 Å². The fraction of sp³-hybridized carbons (Fsp3) is 0.462. The van der Waals surface area contributed by atoms with E-state index in [1.165, 1.54) is 25.3 Å². The van der Waals surface area contributed by atoms with Crippen LogP contribution < -0.4 is 9.46 Å². The number of carboxylic acids is 1. The van der Waals surface area contributed by atoms with Gasteiger partial charge in [-0.25, -0.2) is 13.2 Å². The van der Waals surface area contributed by atoms with E-state index in [0.717, 1.165) is 0 Å². The van der Waals surface area contributed by atoms with Gasteiger partial charge in [0.05, 0.1) is 18.0 Å². The van der Waals surface area contributed by atoms with Crippen LogP contribution in [-0.4, -0.2) is 45.1 Å². The number of aromatic carboxylic acids is 1. The van der Waals surface area contributed by atoms with Crippen molar-refractivity contribution in [3.05, 3.63) is 23.8 Å². The van der Waals surface area contributed by atoms with E-state index in [-0.39, 0.29) is 17.0 Å². The molecule has 0 aromatic heterocycles. The first-order valence-electron chi connectivity index (χ1n) is 6.45. The van der Waals surface area contributed by atoms with Gasteiger partial charge in [-0.05, 0) is 25.0 Å². The highest BCUT2D eigenvalue weighted by atomic mass is 32.2. The second-order valence-corrected chi connectivity index (χ2v) is 6.64. The Balaban J connectivity index is 2.20. The smallest absolute Gasteiger partial charge is 0.339 e. The molecule has 21 heavy (non-hydrogen) atoms. The lowest BCUT2D eigenvalue weighted by Crippen LogP contribution is -2.33. The van der Waals surface area contributed by atoms with Gasteiger partial charge >= 0.3 is 5.97 Å². The van der Waals surface area contributed by atoms with E-state index in [1.807, 2.05) is 0 Å². The molecule has 1 aliphatic rings. The van der Waals surface area contributed by atoms with Gasteiger partial charge in [0.2, 0.25) is 10.0 Å². The monoisotopic (exact) mass is 315 g/mol. The number of anilines is 1. The number of carboxylic acid groups (broad SMARTS) is 1. The summed E-state index contributed by atoms with van der Waals surface area (Å²) in [5.41, 5.74) is 0.259. The van der Waals surface area contributed by atoms with Crippen LogP contribution >= 0.6 is 0 Å². The Bertz CT molecular complexity index is 622. The quantitative estimate of drug-likeness (QED) is 0.849. The highest BCUT2D eigenvalue weighted by molar-refractivity contribution is 7.93. The van der Waals surface area contributed by atoms with E-state index >= 15 is 0 Å². The maximum atomic E-state index is 12.2. The third-order valence-corrected chi connectivity index (χ3v) is 5.17. The lowest BCUT2D eigenvalue weighted by atomic mass is 10.2. The first-order valence-corrected chi connectivity index (χ1v) is 7.99. The average molecular weight is 315 g/mol. The Morgan fingerprint density at radius 2 is 2.05 bits per heavy atom. The maximum Gasteiger partial charge on any atom is 0.339 e. The van der Waals surface area contributed by atoms with Gasteiger partial charge < -0.3 is 14.6 Å². The van der Waals surface area contributed by atoms with Gasteiger partial charge in [0.1, 0.15) is 11.3 Å². The first-order chi connectivity index (χ1) is 9.94. The molecule has 0 unspecified atom stereocenters. The largest absolute Gasteiger partial charge is 0.496 e. The Kier molecular flexibility index (Phi) is 4.69. The molecule has 1 saturated heterocycles. The third kappa shape index (κ3) is 3.64. The number of sulfonamides is 1. The summed E-state index contributed by atoms with van der Waals surface area (Å²) in [6.45, 7) is 0.847. The van der Waals surface area contributed by atoms with Crippen LogP contribution in [0.3, 0.4) is 0 Å². The molecule has 1 aromatic carbocycles. The fourth-order valence-electron chi connectivity index (χ4n) is 2.17. The van der Waals surface area contributed by atoms with Crippen LogP contribution in [0.15, 0.2) is 18.2 Å². The molecule has 2 rings (SSSR count). The molecule has 116 valence electrons. The fourth-order valence-corrected chi connectivity index (χ4v) is 3.60. The summed E-state index contributed by atoms with van der Waals surface area (Å²) in [4.78, 5) is 11.0. The second kappa shape index (κ2) is 6.31. The maximum absolute atomic E-state index is 12.2. The van der Waals surface area contributed by atoms with Crippen molar-refractivity contribution in [2.24, 2.45) is 0 Å². The molecule has 2 N–H and O–H groups in total. The van der Waals surface area contributed by atoms with Gasteiger partial charge in [-0.3, -0.25) is 4.72 Å². The molecule has 0 radical (unpaired) electrons. The van der Waals surface area contributed by atoms with E-state index < -0.39 is 21.2 Å². The Hall–Kier alpha value is -1.80. The van der Waals surface area contributed by atoms with E-state index in [4.69, 9.17) is 14.6 Å². The second-order valence-electron chi connectivity index (χ2n) is 4.68. The van der Waals surface area contributed by atoms with Crippen molar-refractivity contribution in [3.63, 3.8) is 0 Å². The van der Waals surface area contributed by atoms with Crippen molar-refractivity contribution >= 4 is 21.7 Å². The normalized spacial score (nSPS) is 16.4. The molecule has 0 aliphatic carbocycles. The highest BCUT2D eigenvalue weighted by Gasteiger charge is 2.28. The van der Waals surface area contributed by atoms with Crippen molar-refractivity contribution in [2.75, 3.05) is 25.0 Å². The standard InChI is InChI=1S/C13H17NO6S/c1-19-12-8-9(2-3-11(12)13(15)16)14-21(17,18)10-4-6-20-7-5-10/h2-3,8,10,14H,4-7H2,1H3,(H,15,16). The van der Waals surface area contributed by atoms with Crippen LogP contribution in [0.25, 0.3) is 0 Å². The summed E-state index contributed by atoms with van der Waals surface area (Å²) in [5, 5.41) is 8.49. The minimum Gasteiger partial charge on any atom is -0.496 e. The molecule has 1 fully saturated rings. The van der Waals surface area contributed by atoms with Gasteiger partial charge in [0.25, 0.3) is 0 Å². The molecular formula is C13H17NO6S. The molecule has 7 nitrogen and oxygen atoms in total. The van der Waals surface area contributed by atoms with Crippen molar-refractivity contribution < 1.29 is 27.8 Å². The zero-order valence-electron chi connectivity index (χ0n) is 11.5. The summed E-state index contributed by atoms with van der Waals surface area (Å²) in [6, 6.07) is 4.08. The van der Waals surface area contributed by atoms with Gasteiger partial charge in [-0.15, -0.1) is 0 Å². The average Bonchev–Trinajstić information content (AvgIpc) is 2.47. The van der Waals surface area contributed by atoms with Gasteiger partial charge in [0, 0.05) is 19.3 Å². The Morgan fingerprint density at radius 3 is 2.62 bits per heavy atom. The number of hydrogen-bond donors (Lipinski definition) is 2. The lowest BCUT2D eigenvalue weighted by molar-refractivity contribution is 0.0693. The summed E-state index contributed by atoms with van der Waals surface area (Å²) in [6.07, 6.45) is 0.888. The zero-order chi connectivity index (χ0) is 15.5. The van der Waals surface area contributed by atoms with Crippen molar-refractivity contribution in [1.29, 1.82) is 0 Å². The SMILES string of the molecule is COc1cc(NS(=O)(=O)C2CCOCC2)ccc1C(=O)O. The highest BCUT2D eigenvalue weighted by Crippen LogP contribution is 2.25. The van der Waals surface area contributed by atoms with E-state index in [9.17, 15) is 13.2 Å². The summed E-state index contributed by atoms with van der Waals surface area (Å²) in [5.74, 6) is -1.03. The first kappa shape index (κ1) is 15.6. The van der Waals surface area contributed by atoms with Gasteiger partial charge in [0.15, 0.2) is 0 Å². The van der Waals surface area contributed by atoms with Crippen LogP contribution in [-0.2, 0) is 14.8 Å². The van der Waals surface area contributed by atoms with Crippen LogP contribution in [0, 0.1) is 0 Å². The lowest BCUT2D eigenvalue weighted by Gasteiger charge is -2.23. The van der Waals surface area contributed by atoms with Crippen LogP contribution in [0.1, 0.15) is 23.2 Å². The molecule has 1 aromatic rings. The predicted molar refractivity (Wildman–Crippen MR) is 76.3 cm³/mol. The number of rotatable bonds is 5. The zero-order valence-corrected chi connectivity index (χ0v) is 12.4. The van der Waals surface area contributed by atoms with E-state index in [2.05, 4.69) is 4.72 Å². The van der Waals surface area contributed by atoms with E-state index in [0.29, 0.717) is 26.1 Å².